The number of carboxylic acid groups (broad SMARTS) is 1. The lowest BCUT2D eigenvalue weighted by Crippen LogP contribution is -2.52. The molecule has 8 heteroatoms. The average Bonchev–Trinajstić information content (AvgIpc) is 2.77. The van der Waals surface area contributed by atoms with Gasteiger partial charge in [-0.3, -0.25) is 9.59 Å². The van der Waals surface area contributed by atoms with E-state index in [1.807, 2.05) is 30.3 Å². The molecule has 3 amide bonds. The van der Waals surface area contributed by atoms with Crippen LogP contribution in [0.5, 0.6) is 5.75 Å². The molecule has 0 aromatic heterocycles. The van der Waals surface area contributed by atoms with Crippen molar-refractivity contribution in [2.24, 2.45) is 0 Å². The molecule has 1 aliphatic rings. The lowest BCUT2D eigenvalue weighted by atomic mass is 10.2. The van der Waals surface area contributed by atoms with Crippen LogP contribution < -0.4 is 10.1 Å². The summed E-state index contributed by atoms with van der Waals surface area (Å²) in [6.07, 6.45) is -0.985. The smallest absolute Gasteiger partial charge is 0.407 e. The largest absolute Gasteiger partial charge is 0.489 e. The summed E-state index contributed by atoms with van der Waals surface area (Å²) in [5.74, 6) is 0.0705. The van der Waals surface area contributed by atoms with Crippen LogP contribution in [-0.4, -0.2) is 65.5 Å². The van der Waals surface area contributed by atoms with Crippen molar-refractivity contribution in [3.8, 4) is 5.75 Å². The molecule has 2 aromatic rings. The number of benzene rings is 2. The first-order valence-corrected chi connectivity index (χ1v) is 9.33. The third-order valence-electron chi connectivity index (χ3n) is 4.67. The van der Waals surface area contributed by atoms with Crippen molar-refractivity contribution < 1.29 is 24.2 Å². The van der Waals surface area contributed by atoms with E-state index >= 15 is 0 Å². The molecule has 152 valence electrons. The van der Waals surface area contributed by atoms with Gasteiger partial charge in [0, 0.05) is 31.7 Å². The normalized spacial score (nSPS) is 13.7. The minimum Gasteiger partial charge on any atom is -0.489 e. The van der Waals surface area contributed by atoms with Gasteiger partial charge in [0.2, 0.25) is 5.91 Å². The van der Waals surface area contributed by atoms with Gasteiger partial charge in [-0.1, -0.05) is 30.3 Å². The molecule has 0 bridgehead atoms. The van der Waals surface area contributed by atoms with Crippen LogP contribution in [0, 0.1) is 0 Å². The van der Waals surface area contributed by atoms with E-state index in [1.54, 1.807) is 29.2 Å². The van der Waals surface area contributed by atoms with E-state index in [0.29, 0.717) is 31.0 Å². The van der Waals surface area contributed by atoms with Gasteiger partial charge in [-0.2, -0.15) is 0 Å². The molecule has 0 radical (unpaired) electrons. The second kappa shape index (κ2) is 9.59. The standard InChI is InChI=1S/C21H23N3O5/c25-19(23-10-12-24(13-11-23)21(27)28)14-22-20(26)17-6-8-18(9-7-17)29-15-16-4-2-1-3-5-16/h1-9H,10-15H2,(H,22,26)(H,27,28). The van der Waals surface area contributed by atoms with E-state index in [0.717, 1.165) is 5.56 Å². The zero-order valence-corrected chi connectivity index (χ0v) is 15.9. The quantitative estimate of drug-likeness (QED) is 0.775. The summed E-state index contributed by atoms with van der Waals surface area (Å²) in [5, 5.41) is 11.5. The van der Waals surface area contributed by atoms with E-state index < -0.39 is 6.09 Å². The zero-order valence-electron chi connectivity index (χ0n) is 15.9. The summed E-state index contributed by atoms with van der Waals surface area (Å²) in [5.41, 5.74) is 1.48. The van der Waals surface area contributed by atoms with Gasteiger partial charge in [0.05, 0.1) is 6.54 Å². The molecule has 8 nitrogen and oxygen atoms in total. The Morgan fingerprint density at radius 3 is 2.14 bits per heavy atom. The van der Waals surface area contributed by atoms with Crippen LogP contribution >= 0.6 is 0 Å². The maximum atomic E-state index is 12.3. The Balaban J connectivity index is 1.43. The molecule has 1 saturated heterocycles. The van der Waals surface area contributed by atoms with Gasteiger partial charge >= 0.3 is 6.09 Å². The van der Waals surface area contributed by atoms with Crippen LogP contribution in [0.1, 0.15) is 15.9 Å². The maximum absolute atomic E-state index is 12.3. The summed E-state index contributed by atoms with van der Waals surface area (Å²) in [7, 11) is 0. The van der Waals surface area contributed by atoms with Gasteiger partial charge < -0.3 is 25.0 Å². The molecule has 1 fully saturated rings. The molecule has 0 unspecified atom stereocenters. The number of carbonyl (C=O) groups is 3. The molecule has 0 saturated carbocycles. The van der Waals surface area contributed by atoms with Crippen molar-refractivity contribution in [1.29, 1.82) is 0 Å². The molecular weight excluding hydrogens is 374 g/mol. The van der Waals surface area contributed by atoms with E-state index in [1.165, 1.54) is 4.90 Å². The number of amides is 3. The summed E-state index contributed by atoms with van der Waals surface area (Å²) in [4.78, 5) is 38.2. The predicted molar refractivity (Wildman–Crippen MR) is 106 cm³/mol. The lowest BCUT2D eigenvalue weighted by molar-refractivity contribution is -0.131. The highest BCUT2D eigenvalue weighted by Crippen LogP contribution is 2.14. The van der Waals surface area contributed by atoms with Crippen molar-refractivity contribution in [2.45, 2.75) is 6.61 Å². The van der Waals surface area contributed by atoms with Crippen LogP contribution in [0.15, 0.2) is 54.6 Å². The van der Waals surface area contributed by atoms with Crippen molar-refractivity contribution in [3.63, 3.8) is 0 Å². The van der Waals surface area contributed by atoms with Gasteiger partial charge in [0.15, 0.2) is 0 Å². The number of rotatable bonds is 6. The topological polar surface area (TPSA) is 99.2 Å². The van der Waals surface area contributed by atoms with Crippen LogP contribution in [0.25, 0.3) is 0 Å². The SMILES string of the molecule is O=C(NCC(=O)N1CCN(C(=O)O)CC1)c1ccc(OCc2ccccc2)cc1. The fraction of sp³-hybridized carbons (Fsp3) is 0.286. The van der Waals surface area contributed by atoms with E-state index in [-0.39, 0.29) is 31.4 Å². The van der Waals surface area contributed by atoms with E-state index in [2.05, 4.69) is 5.32 Å². The monoisotopic (exact) mass is 397 g/mol. The highest BCUT2D eigenvalue weighted by Gasteiger charge is 2.23. The van der Waals surface area contributed by atoms with Crippen LogP contribution in [0.4, 0.5) is 4.79 Å². The third-order valence-corrected chi connectivity index (χ3v) is 4.67. The van der Waals surface area contributed by atoms with Gasteiger partial charge in [-0.15, -0.1) is 0 Å². The molecule has 0 atom stereocenters. The summed E-state index contributed by atoms with van der Waals surface area (Å²) < 4.78 is 5.69. The summed E-state index contributed by atoms with van der Waals surface area (Å²) in [6.45, 7) is 1.52. The number of nitrogens with one attached hydrogen (secondary N) is 1. The second-order valence-electron chi connectivity index (χ2n) is 6.63. The van der Waals surface area contributed by atoms with Crippen LogP contribution in [0.2, 0.25) is 0 Å². The fourth-order valence-corrected chi connectivity index (χ4v) is 2.96. The van der Waals surface area contributed by atoms with E-state index in [4.69, 9.17) is 9.84 Å². The molecule has 3 rings (SSSR count). The Morgan fingerprint density at radius 1 is 0.897 bits per heavy atom. The Hall–Kier alpha value is -3.55. The number of piperazine rings is 1. The Kier molecular flexibility index (Phi) is 6.67. The van der Waals surface area contributed by atoms with Gasteiger partial charge in [-0.05, 0) is 29.8 Å². The van der Waals surface area contributed by atoms with Crippen molar-refractivity contribution in [3.05, 3.63) is 65.7 Å². The van der Waals surface area contributed by atoms with Crippen LogP contribution in [-0.2, 0) is 11.4 Å². The first-order chi connectivity index (χ1) is 14.0. The minimum atomic E-state index is -0.985. The molecular formula is C21H23N3O5. The first kappa shape index (κ1) is 20.2. The van der Waals surface area contributed by atoms with Crippen LogP contribution in [0.3, 0.4) is 0 Å². The Morgan fingerprint density at radius 2 is 1.52 bits per heavy atom. The second-order valence-corrected chi connectivity index (χ2v) is 6.63. The molecule has 2 aromatic carbocycles. The number of carbonyl (C=O) groups excluding carboxylic acids is 2. The number of hydrogen-bond donors (Lipinski definition) is 2. The number of ether oxygens (including phenoxy) is 1. The van der Waals surface area contributed by atoms with Gasteiger partial charge in [-0.25, -0.2) is 4.79 Å². The molecule has 1 aliphatic heterocycles. The van der Waals surface area contributed by atoms with Gasteiger partial charge in [0.1, 0.15) is 12.4 Å². The van der Waals surface area contributed by atoms with E-state index in [9.17, 15) is 14.4 Å². The Bertz CT molecular complexity index is 846. The average molecular weight is 397 g/mol. The minimum absolute atomic E-state index is 0.127. The Labute approximate surface area is 168 Å². The van der Waals surface area contributed by atoms with Crippen molar-refractivity contribution >= 4 is 17.9 Å². The maximum Gasteiger partial charge on any atom is 0.407 e. The van der Waals surface area contributed by atoms with Crippen molar-refractivity contribution in [2.75, 3.05) is 32.7 Å². The first-order valence-electron chi connectivity index (χ1n) is 9.33. The predicted octanol–water partition coefficient (Wildman–Crippen LogP) is 1.82. The molecule has 29 heavy (non-hydrogen) atoms. The fourth-order valence-electron chi connectivity index (χ4n) is 2.96. The molecule has 2 N–H and O–H groups in total. The molecule has 1 heterocycles. The highest BCUT2D eigenvalue weighted by atomic mass is 16.5. The molecule has 0 spiro atoms. The van der Waals surface area contributed by atoms with Crippen molar-refractivity contribution in [1.82, 2.24) is 15.1 Å². The zero-order chi connectivity index (χ0) is 20.6. The summed E-state index contributed by atoms with van der Waals surface area (Å²) in [6, 6.07) is 16.5. The lowest BCUT2D eigenvalue weighted by Gasteiger charge is -2.33. The highest BCUT2D eigenvalue weighted by molar-refractivity contribution is 5.96. The number of hydrogen-bond acceptors (Lipinski definition) is 4. The molecule has 0 aliphatic carbocycles. The number of nitrogens with zero attached hydrogens (tertiary/aromatic N) is 2. The third kappa shape index (κ3) is 5.71. The summed E-state index contributed by atoms with van der Waals surface area (Å²) >= 11 is 0. The van der Waals surface area contributed by atoms with Gasteiger partial charge in [0.25, 0.3) is 5.91 Å².